The van der Waals surface area contributed by atoms with Crippen molar-refractivity contribution in [3.63, 3.8) is 0 Å². The lowest BCUT2D eigenvalue weighted by molar-refractivity contribution is -0.386. The highest BCUT2D eigenvalue weighted by Crippen LogP contribution is 2.32. The highest BCUT2D eigenvalue weighted by Gasteiger charge is 2.26. The molecule has 0 atom stereocenters. The van der Waals surface area contributed by atoms with Crippen molar-refractivity contribution in [2.45, 2.75) is 25.3 Å². The maximum Gasteiger partial charge on any atom is 0.312 e. The Morgan fingerprint density at radius 1 is 1.28 bits per heavy atom. The number of nitro groups is 1. The zero-order chi connectivity index (χ0) is 21.0. The first-order chi connectivity index (χ1) is 13.9. The van der Waals surface area contributed by atoms with E-state index in [2.05, 4.69) is 4.98 Å². The normalized spacial score (nSPS) is 11.7. The third kappa shape index (κ3) is 4.47. The monoisotopic (exact) mass is 437 g/mol. The fourth-order valence-electron chi connectivity index (χ4n) is 2.67. The molecule has 0 N–H and O–H groups in total. The number of sulfonamides is 1. The number of hydrogen-bond acceptors (Lipinski definition) is 8. The molecular weight excluding hydrogens is 418 g/mol. The Hall–Kier alpha value is -2.76. The van der Waals surface area contributed by atoms with Crippen LogP contribution >= 0.6 is 11.3 Å². The first-order valence-electron chi connectivity index (χ1n) is 8.76. The highest BCUT2D eigenvalue weighted by atomic mass is 32.2. The topological polar surface area (TPSA) is 116 Å². The molecule has 0 aliphatic rings. The first kappa shape index (κ1) is 21.0. The fraction of sp³-hybridized carbons (Fsp3) is 0.278. The van der Waals surface area contributed by atoms with Gasteiger partial charge in [0.1, 0.15) is 18.6 Å². The van der Waals surface area contributed by atoms with Gasteiger partial charge in [-0.3, -0.25) is 10.1 Å². The lowest BCUT2D eigenvalue weighted by Gasteiger charge is -2.18. The van der Waals surface area contributed by atoms with Crippen LogP contribution in [0.1, 0.15) is 19.5 Å². The highest BCUT2D eigenvalue weighted by molar-refractivity contribution is 7.89. The van der Waals surface area contributed by atoms with Crippen LogP contribution in [0.5, 0.6) is 5.75 Å². The van der Waals surface area contributed by atoms with Crippen LogP contribution in [0.15, 0.2) is 51.3 Å². The lowest BCUT2D eigenvalue weighted by atomic mass is 10.3. The summed E-state index contributed by atoms with van der Waals surface area (Å²) in [6, 6.07) is 7.34. The number of oxazole rings is 1. The number of thiophene rings is 1. The Kier molecular flexibility index (Phi) is 6.30. The fourth-order valence-corrected chi connectivity index (χ4v) is 4.81. The molecule has 0 fully saturated rings. The predicted molar refractivity (Wildman–Crippen MR) is 107 cm³/mol. The van der Waals surface area contributed by atoms with E-state index >= 15 is 0 Å². The molecule has 0 radical (unpaired) electrons. The molecule has 0 saturated carbocycles. The minimum Gasteiger partial charge on any atom is -0.480 e. The van der Waals surface area contributed by atoms with Gasteiger partial charge in [-0.2, -0.15) is 4.31 Å². The molecule has 3 aromatic rings. The van der Waals surface area contributed by atoms with Crippen molar-refractivity contribution in [2.75, 3.05) is 13.1 Å². The molecule has 154 valence electrons. The van der Waals surface area contributed by atoms with Crippen LogP contribution in [0, 0.1) is 10.1 Å². The number of aromatic nitrogens is 1. The van der Waals surface area contributed by atoms with E-state index in [1.807, 2.05) is 17.5 Å². The maximum absolute atomic E-state index is 12.6. The Morgan fingerprint density at radius 2 is 2.03 bits per heavy atom. The number of ether oxygens (including phenoxy) is 1. The number of hydrogen-bond donors (Lipinski definition) is 0. The van der Waals surface area contributed by atoms with Gasteiger partial charge in [0.2, 0.25) is 15.9 Å². The molecule has 0 saturated heterocycles. The smallest absolute Gasteiger partial charge is 0.312 e. The Labute approximate surface area is 171 Å². The van der Waals surface area contributed by atoms with Crippen molar-refractivity contribution in [1.29, 1.82) is 0 Å². The van der Waals surface area contributed by atoms with E-state index in [4.69, 9.17) is 9.15 Å². The van der Waals surface area contributed by atoms with Crippen LogP contribution in [0.25, 0.3) is 10.8 Å². The zero-order valence-corrected chi connectivity index (χ0v) is 17.4. The second kappa shape index (κ2) is 8.72. The summed E-state index contributed by atoms with van der Waals surface area (Å²) in [5, 5.41) is 13.4. The van der Waals surface area contributed by atoms with Crippen LogP contribution < -0.4 is 4.74 Å². The minimum absolute atomic E-state index is 0.0471. The molecule has 11 heteroatoms. The summed E-state index contributed by atoms with van der Waals surface area (Å²) in [7, 11) is -3.82. The van der Waals surface area contributed by atoms with Gasteiger partial charge >= 0.3 is 5.69 Å². The number of nitrogens with zero attached hydrogens (tertiary/aromatic N) is 3. The van der Waals surface area contributed by atoms with Crippen molar-refractivity contribution in [2.24, 2.45) is 0 Å². The molecule has 3 rings (SSSR count). The first-order valence-corrected chi connectivity index (χ1v) is 11.1. The molecule has 0 bridgehead atoms. The maximum atomic E-state index is 12.6. The van der Waals surface area contributed by atoms with E-state index in [0.29, 0.717) is 11.6 Å². The van der Waals surface area contributed by atoms with E-state index in [9.17, 15) is 18.5 Å². The van der Waals surface area contributed by atoms with Gasteiger partial charge in [-0.15, -0.1) is 11.3 Å². The number of nitro benzene ring substituents is 1. The molecule has 1 aromatic carbocycles. The summed E-state index contributed by atoms with van der Waals surface area (Å²) in [6.45, 7) is 3.88. The molecule has 0 aliphatic carbocycles. The summed E-state index contributed by atoms with van der Waals surface area (Å²) < 4.78 is 37.4. The second-order valence-corrected chi connectivity index (χ2v) is 8.77. The van der Waals surface area contributed by atoms with Gasteiger partial charge in [-0.05, 0) is 23.6 Å². The van der Waals surface area contributed by atoms with E-state index in [1.165, 1.54) is 34.0 Å². The van der Waals surface area contributed by atoms with Crippen LogP contribution in [0.4, 0.5) is 5.69 Å². The summed E-state index contributed by atoms with van der Waals surface area (Å²) in [4.78, 5) is 15.8. The summed E-state index contributed by atoms with van der Waals surface area (Å²) in [5.74, 6) is 0.392. The lowest BCUT2D eigenvalue weighted by Crippen LogP contribution is -2.30. The third-order valence-electron chi connectivity index (χ3n) is 4.13. The predicted octanol–water partition coefficient (Wildman–Crippen LogP) is 3.92. The third-order valence-corrected chi connectivity index (χ3v) is 7.03. The SMILES string of the molecule is CCN(CC)S(=O)(=O)c1ccc(OCc2coc(-c3cccs3)n2)c([N+](=O)[O-])c1. The molecule has 29 heavy (non-hydrogen) atoms. The molecule has 0 unspecified atom stereocenters. The molecule has 2 heterocycles. The number of benzene rings is 1. The Bertz CT molecular complexity index is 1090. The summed E-state index contributed by atoms with van der Waals surface area (Å²) in [5.41, 5.74) is 0.0303. The van der Waals surface area contributed by atoms with Crippen LogP contribution in [0.2, 0.25) is 0 Å². The van der Waals surface area contributed by atoms with Gasteiger partial charge in [0.15, 0.2) is 5.75 Å². The largest absolute Gasteiger partial charge is 0.480 e. The van der Waals surface area contributed by atoms with Crippen molar-refractivity contribution in [3.05, 3.63) is 57.8 Å². The van der Waals surface area contributed by atoms with Gasteiger partial charge in [-0.25, -0.2) is 13.4 Å². The average Bonchev–Trinajstić information content (AvgIpc) is 3.38. The second-order valence-electron chi connectivity index (χ2n) is 5.89. The Balaban J connectivity index is 1.82. The minimum atomic E-state index is -3.82. The summed E-state index contributed by atoms with van der Waals surface area (Å²) >= 11 is 1.47. The van der Waals surface area contributed by atoms with Crippen molar-refractivity contribution in [1.82, 2.24) is 9.29 Å². The van der Waals surface area contributed by atoms with E-state index < -0.39 is 20.6 Å². The Morgan fingerprint density at radius 3 is 2.66 bits per heavy atom. The van der Waals surface area contributed by atoms with E-state index in [-0.39, 0.29) is 30.3 Å². The molecule has 0 spiro atoms. The number of rotatable bonds is 9. The standard InChI is InChI=1S/C18H19N3O6S2/c1-3-20(4-2)29(24,25)14-7-8-16(15(10-14)21(22)23)26-11-13-12-27-18(19-13)17-6-5-9-28-17/h5-10,12H,3-4,11H2,1-2H3. The van der Waals surface area contributed by atoms with Gasteiger partial charge < -0.3 is 9.15 Å². The van der Waals surface area contributed by atoms with Crippen LogP contribution in [-0.2, 0) is 16.6 Å². The van der Waals surface area contributed by atoms with Crippen molar-refractivity contribution >= 4 is 27.0 Å². The molecule has 2 aromatic heterocycles. The van der Waals surface area contributed by atoms with Gasteiger partial charge in [-0.1, -0.05) is 19.9 Å². The molecule has 0 aliphatic heterocycles. The average molecular weight is 437 g/mol. The molecular formula is C18H19N3O6S2. The van der Waals surface area contributed by atoms with Gasteiger partial charge in [0.25, 0.3) is 0 Å². The molecule has 0 amide bonds. The van der Waals surface area contributed by atoms with Crippen molar-refractivity contribution < 1.29 is 22.5 Å². The summed E-state index contributed by atoms with van der Waals surface area (Å²) in [6.07, 6.45) is 1.42. The van der Waals surface area contributed by atoms with Crippen LogP contribution in [-0.4, -0.2) is 35.7 Å². The van der Waals surface area contributed by atoms with Gasteiger partial charge in [0.05, 0.1) is 14.7 Å². The van der Waals surface area contributed by atoms with Crippen molar-refractivity contribution in [3.8, 4) is 16.5 Å². The van der Waals surface area contributed by atoms with Gasteiger partial charge in [0, 0.05) is 19.2 Å². The van der Waals surface area contributed by atoms with E-state index in [1.54, 1.807) is 13.8 Å². The van der Waals surface area contributed by atoms with Crippen LogP contribution in [0.3, 0.4) is 0 Å². The zero-order valence-electron chi connectivity index (χ0n) is 15.8. The molecule has 9 nitrogen and oxygen atoms in total. The quantitative estimate of drug-likeness (QED) is 0.368. The van der Waals surface area contributed by atoms with E-state index in [0.717, 1.165) is 10.9 Å².